The molecule has 0 N–H and O–H groups in total. The van der Waals surface area contributed by atoms with Gasteiger partial charge in [-0.05, 0) is 94.1 Å². The molecule has 8 aromatic carbocycles. The molecule has 4 nitrogen and oxygen atoms in total. The van der Waals surface area contributed by atoms with E-state index in [0.717, 1.165) is 61.1 Å². The average Bonchev–Trinajstić information content (AvgIpc) is 3.99. The summed E-state index contributed by atoms with van der Waals surface area (Å²) in [5.41, 5.74) is 16.3. The third-order valence-corrected chi connectivity index (χ3v) is 12.9. The second kappa shape index (κ2) is 15.3. The Hall–Kier alpha value is -7.13. The van der Waals surface area contributed by atoms with E-state index in [0.29, 0.717) is 6.04 Å². The molecule has 0 aliphatic heterocycles. The third kappa shape index (κ3) is 5.93. The smallest absolute Gasteiger partial charge is 0.188 e. The molecule has 0 saturated heterocycles. The molecule has 3 heterocycles. The maximum absolute atomic E-state index is 5.10. The summed E-state index contributed by atoms with van der Waals surface area (Å²) in [6.45, 7) is 4.47. The summed E-state index contributed by atoms with van der Waals surface area (Å²) in [5, 5.41) is 2.29. The fourth-order valence-corrected chi connectivity index (χ4v) is 10.2. The van der Waals surface area contributed by atoms with Gasteiger partial charge >= 0.3 is 0 Å². The monoisotopic (exact) mass is 988 g/mol. The largest absolute Gasteiger partial charge is 0.319 e. The summed E-state index contributed by atoms with van der Waals surface area (Å²) in [6.07, 6.45) is 4.17. The van der Waals surface area contributed by atoms with Crippen LogP contribution in [0, 0.1) is 12.1 Å². The van der Waals surface area contributed by atoms with E-state index in [1.807, 2.05) is 6.20 Å². The number of benzene rings is 8. The predicted molar refractivity (Wildman–Crippen MR) is 254 cm³/mol. The van der Waals surface area contributed by atoms with Crippen LogP contribution in [0.25, 0.3) is 77.7 Å². The van der Waals surface area contributed by atoms with Crippen LogP contribution in [0.4, 0.5) is 0 Å². The molecule has 63 heavy (non-hydrogen) atoms. The molecule has 3 aromatic heterocycles. The molecule has 0 saturated carbocycles. The Bertz CT molecular complexity index is 3480. The van der Waals surface area contributed by atoms with Gasteiger partial charge in [0, 0.05) is 56.0 Å². The first kappa shape index (κ1) is 38.8. The maximum atomic E-state index is 5.10. The summed E-state index contributed by atoms with van der Waals surface area (Å²) < 4.78 is 6.94. The molecule has 304 valence electrons. The Labute approximate surface area is 381 Å². The molecule has 5 heteroatoms. The molecule has 0 unspecified atom stereocenters. The van der Waals surface area contributed by atoms with Crippen LogP contribution in [-0.2, 0) is 26.5 Å². The number of imidazole rings is 1. The molecule has 0 amide bonds. The topological polar surface area (TPSA) is 27.7 Å². The molecular weight excluding hydrogens is 948 g/mol. The van der Waals surface area contributed by atoms with E-state index in [4.69, 9.17) is 4.98 Å². The van der Waals surface area contributed by atoms with Crippen molar-refractivity contribution < 1.29 is 21.1 Å². The summed E-state index contributed by atoms with van der Waals surface area (Å²) in [5.74, 6) is 0.845. The molecule has 0 bridgehead atoms. The minimum Gasteiger partial charge on any atom is -0.319 e. The molecule has 0 fully saturated rings. The first-order valence-corrected chi connectivity index (χ1v) is 21.4. The molecule has 0 spiro atoms. The number of nitrogens with zero attached hydrogens (tertiary/aromatic N) is 4. The van der Waals surface area contributed by atoms with Gasteiger partial charge in [-0.1, -0.05) is 133 Å². The molecule has 11 aromatic rings. The van der Waals surface area contributed by atoms with Crippen molar-refractivity contribution in [2.75, 3.05) is 0 Å². The number of rotatable bonds is 7. The number of hydrogen-bond donors (Lipinski definition) is 0. The van der Waals surface area contributed by atoms with Crippen molar-refractivity contribution >= 4 is 32.8 Å². The van der Waals surface area contributed by atoms with Gasteiger partial charge in [0.15, 0.2) is 17.4 Å². The normalized spacial score (nSPS) is 12.7. The summed E-state index contributed by atoms with van der Waals surface area (Å²) >= 11 is 0. The van der Waals surface area contributed by atoms with Gasteiger partial charge in [-0.15, -0.1) is 22.6 Å². The Morgan fingerprint density at radius 3 is 1.84 bits per heavy atom. The number of aromatic nitrogens is 4. The van der Waals surface area contributed by atoms with Crippen LogP contribution in [0.5, 0.6) is 0 Å². The zero-order valence-corrected chi connectivity index (χ0v) is 37.1. The molecule has 12 rings (SSSR count). The molecular formula is C58H41N4Pt-. The SMILES string of the molecule is CC(C)n1[cH+]n(-c2[c-]c(C3(c4[c-]c5c(cc4)c4ccccc4n5-c4cc(-c5ccccc5-c5ccccc5)ccn4)c4ccccc4-c4ccccc43)ccc2)c2ccccc21.[Pt]. The van der Waals surface area contributed by atoms with Crippen LogP contribution in [0.3, 0.4) is 0 Å². The van der Waals surface area contributed by atoms with E-state index in [1.54, 1.807) is 0 Å². The van der Waals surface area contributed by atoms with Gasteiger partial charge in [0.1, 0.15) is 5.82 Å². The van der Waals surface area contributed by atoms with Gasteiger partial charge in [0.25, 0.3) is 0 Å². The minimum atomic E-state index is -0.723. The van der Waals surface area contributed by atoms with Crippen molar-refractivity contribution in [3.8, 4) is 44.9 Å². The zero-order valence-electron chi connectivity index (χ0n) is 34.8. The number of para-hydroxylation sites is 3. The number of pyridine rings is 1. The van der Waals surface area contributed by atoms with Gasteiger partial charge in [0.2, 0.25) is 0 Å². The Morgan fingerprint density at radius 1 is 0.508 bits per heavy atom. The van der Waals surface area contributed by atoms with Gasteiger partial charge in [-0.25, -0.2) is 14.1 Å². The van der Waals surface area contributed by atoms with E-state index < -0.39 is 5.41 Å². The van der Waals surface area contributed by atoms with Crippen LogP contribution >= 0.6 is 0 Å². The maximum Gasteiger partial charge on any atom is 0.188 e. The van der Waals surface area contributed by atoms with Gasteiger partial charge in [0.05, 0.1) is 6.04 Å². The third-order valence-electron chi connectivity index (χ3n) is 12.9. The van der Waals surface area contributed by atoms with Crippen molar-refractivity contribution in [3.05, 3.63) is 241 Å². The van der Waals surface area contributed by atoms with Gasteiger partial charge in [-0.3, -0.25) is 0 Å². The van der Waals surface area contributed by atoms with Crippen molar-refractivity contribution in [1.82, 2.24) is 18.7 Å². The van der Waals surface area contributed by atoms with Crippen molar-refractivity contribution in [1.29, 1.82) is 0 Å². The molecule has 0 radical (unpaired) electrons. The first-order valence-electron chi connectivity index (χ1n) is 21.4. The summed E-state index contributed by atoms with van der Waals surface area (Å²) in [7, 11) is 0. The standard InChI is InChI=1S/C58H41N4.Pt/c1-39(2)60-38-61(55-30-15-14-29-54(55)60)44-20-16-19-42(36-44)58(51-26-11-8-23-47(51)48-24-9-12-27-52(48)58)43-31-32-50-49-25-10-13-28-53(49)62(56(50)37-43)57-35-41(33-34-59-57)46-22-7-6-21-45(46)40-17-4-3-5-18-40;/h3-35,38-39H,1-2H3;/q-1;. The quantitative estimate of drug-likeness (QED) is 0.146. The van der Waals surface area contributed by atoms with E-state index in [9.17, 15) is 0 Å². The van der Waals surface area contributed by atoms with E-state index >= 15 is 0 Å². The molecule has 1 aliphatic rings. The molecule has 1 aliphatic carbocycles. The Morgan fingerprint density at radius 2 is 1.11 bits per heavy atom. The van der Waals surface area contributed by atoms with Gasteiger partial charge in [-0.2, -0.15) is 30.3 Å². The van der Waals surface area contributed by atoms with Crippen LogP contribution in [0.15, 0.2) is 207 Å². The fraction of sp³-hybridized carbons (Fsp3) is 0.0690. The van der Waals surface area contributed by atoms with E-state index in [2.05, 4.69) is 240 Å². The van der Waals surface area contributed by atoms with Crippen LogP contribution in [-0.4, -0.2) is 18.7 Å². The predicted octanol–water partition coefficient (Wildman–Crippen LogP) is 14.1. The number of hydrogen-bond acceptors (Lipinski definition) is 1. The summed E-state index contributed by atoms with van der Waals surface area (Å²) in [6, 6.07) is 78.4. The van der Waals surface area contributed by atoms with Gasteiger partial charge < -0.3 is 4.57 Å². The molecule has 0 atom stereocenters. The Kier molecular flexibility index (Phi) is 9.44. The Balaban J connectivity index is 0.00000444. The first-order chi connectivity index (χ1) is 30.6. The van der Waals surface area contributed by atoms with E-state index in [-0.39, 0.29) is 21.1 Å². The second-order valence-electron chi connectivity index (χ2n) is 16.6. The van der Waals surface area contributed by atoms with Crippen LogP contribution < -0.4 is 0 Å². The van der Waals surface area contributed by atoms with Crippen LogP contribution in [0.1, 0.15) is 42.1 Å². The average molecular weight is 989 g/mol. The van der Waals surface area contributed by atoms with E-state index in [1.165, 1.54) is 38.9 Å². The summed E-state index contributed by atoms with van der Waals surface area (Å²) in [4.78, 5) is 5.10. The minimum absolute atomic E-state index is 0. The number of fused-ring (bicyclic) bond motifs is 7. The zero-order chi connectivity index (χ0) is 41.4. The van der Waals surface area contributed by atoms with Crippen LogP contribution in [0.2, 0.25) is 0 Å². The second-order valence-corrected chi connectivity index (χ2v) is 16.6. The van der Waals surface area contributed by atoms with Crippen molar-refractivity contribution in [2.45, 2.75) is 25.3 Å². The van der Waals surface area contributed by atoms with Crippen molar-refractivity contribution in [2.24, 2.45) is 0 Å². The van der Waals surface area contributed by atoms with Crippen molar-refractivity contribution in [3.63, 3.8) is 0 Å². The fourth-order valence-electron chi connectivity index (χ4n) is 10.2.